The summed E-state index contributed by atoms with van der Waals surface area (Å²) in [6, 6.07) is 5.78. The van der Waals surface area contributed by atoms with Gasteiger partial charge in [-0.3, -0.25) is 4.79 Å². The number of nitrogens with zero attached hydrogens (tertiary/aromatic N) is 7. The number of hydrogen-bond donors (Lipinski definition) is 0. The van der Waals surface area contributed by atoms with Gasteiger partial charge in [0.15, 0.2) is 5.82 Å². The fourth-order valence-corrected chi connectivity index (χ4v) is 2.93. The van der Waals surface area contributed by atoms with Crippen molar-refractivity contribution in [2.45, 2.75) is 26.1 Å². The smallest absolute Gasteiger partial charge is 0.315 e. The number of amides is 1. The predicted octanol–water partition coefficient (Wildman–Crippen LogP) is 3.11. The third-order valence-electron chi connectivity index (χ3n) is 4.31. The van der Waals surface area contributed by atoms with E-state index in [0.29, 0.717) is 0 Å². The first-order valence-corrected chi connectivity index (χ1v) is 8.76. The molecule has 2 aromatic heterocycles. The van der Waals surface area contributed by atoms with Crippen LogP contribution in [0.3, 0.4) is 0 Å². The molecule has 154 valence electrons. The molecule has 0 saturated carbocycles. The minimum Gasteiger partial charge on any atom is -0.315 e. The number of aromatic nitrogens is 5. The van der Waals surface area contributed by atoms with E-state index in [0.717, 1.165) is 17.0 Å². The molecule has 0 fully saturated rings. The van der Waals surface area contributed by atoms with Gasteiger partial charge in [-0.05, 0) is 43.7 Å². The van der Waals surface area contributed by atoms with E-state index in [9.17, 15) is 23.2 Å². The van der Waals surface area contributed by atoms with E-state index in [1.807, 2.05) is 6.07 Å². The summed E-state index contributed by atoms with van der Waals surface area (Å²) in [4.78, 5) is 26.5. The van der Waals surface area contributed by atoms with Gasteiger partial charge in [0.05, 0.1) is 17.7 Å². The van der Waals surface area contributed by atoms with Crippen molar-refractivity contribution in [2.24, 2.45) is 0 Å². The third kappa shape index (κ3) is 4.27. The van der Waals surface area contributed by atoms with Crippen molar-refractivity contribution >= 4 is 5.91 Å². The Kier molecular flexibility index (Phi) is 5.77. The Labute approximate surface area is 169 Å². The summed E-state index contributed by atoms with van der Waals surface area (Å²) in [5, 5.41) is 13.3. The summed E-state index contributed by atoms with van der Waals surface area (Å²) < 4.78 is 40.8. The lowest BCUT2D eigenvalue weighted by atomic mass is 10.0. The SMILES string of the molecule is Cc1cc(C(=O)N(CC#N)C(C)c2ncnn2-c2ncccn2)cc(C(F)(F)F)c1. The first-order chi connectivity index (χ1) is 14.2. The van der Waals surface area contributed by atoms with E-state index in [4.69, 9.17) is 0 Å². The lowest BCUT2D eigenvalue weighted by molar-refractivity contribution is -0.137. The van der Waals surface area contributed by atoms with Crippen molar-refractivity contribution in [3.63, 3.8) is 0 Å². The van der Waals surface area contributed by atoms with Crippen LogP contribution in [0.4, 0.5) is 13.2 Å². The van der Waals surface area contributed by atoms with Crippen LogP contribution >= 0.6 is 0 Å². The molecule has 0 saturated heterocycles. The number of rotatable bonds is 5. The summed E-state index contributed by atoms with van der Waals surface area (Å²) in [5.74, 6) is -0.272. The predicted molar refractivity (Wildman–Crippen MR) is 98.2 cm³/mol. The van der Waals surface area contributed by atoms with E-state index >= 15 is 0 Å². The van der Waals surface area contributed by atoms with Gasteiger partial charge >= 0.3 is 6.18 Å². The molecule has 0 aliphatic heterocycles. The largest absolute Gasteiger partial charge is 0.416 e. The van der Waals surface area contributed by atoms with E-state index in [1.54, 1.807) is 13.0 Å². The lowest BCUT2D eigenvalue weighted by Crippen LogP contribution is -2.35. The van der Waals surface area contributed by atoms with Gasteiger partial charge in [-0.25, -0.2) is 15.0 Å². The van der Waals surface area contributed by atoms with Gasteiger partial charge < -0.3 is 4.90 Å². The number of aryl methyl sites for hydroxylation is 1. The number of benzene rings is 1. The van der Waals surface area contributed by atoms with Crippen LogP contribution in [0, 0.1) is 18.3 Å². The van der Waals surface area contributed by atoms with Gasteiger partial charge in [0, 0.05) is 18.0 Å². The summed E-state index contributed by atoms with van der Waals surface area (Å²) >= 11 is 0. The number of hydrogen-bond acceptors (Lipinski definition) is 6. The van der Waals surface area contributed by atoms with Crippen LogP contribution in [-0.2, 0) is 6.18 Å². The summed E-state index contributed by atoms with van der Waals surface area (Å²) in [6.07, 6.45) is -0.354. The standard InChI is InChI=1S/C19H16F3N7O/c1-12-8-14(10-15(9-12)19(20,21)22)17(30)28(7-4-23)13(2)16-26-11-27-29(16)18-24-5-3-6-25-18/h3,5-6,8-11,13H,7H2,1-2H3. The molecule has 1 aromatic carbocycles. The maximum atomic E-state index is 13.2. The highest BCUT2D eigenvalue weighted by molar-refractivity contribution is 5.95. The van der Waals surface area contributed by atoms with Gasteiger partial charge in [-0.15, -0.1) is 0 Å². The molecule has 3 aromatic rings. The highest BCUT2D eigenvalue weighted by atomic mass is 19.4. The molecule has 2 heterocycles. The maximum Gasteiger partial charge on any atom is 0.416 e. The molecule has 0 aliphatic rings. The zero-order valence-electron chi connectivity index (χ0n) is 16.0. The van der Waals surface area contributed by atoms with Crippen molar-refractivity contribution in [3.05, 3.63) is 65.5 Å². The molecular weight excluding hydrogens is 399 g/mol. The highest BCUT2D eigenvalue weighted by Gasteiger charge is 2.33. The zero-order valence-corrected chi connectivity index (χ0v) is 16.0. The molecule has 30 heavy (non-hydrogen) atoms. The third-order valence-corrected chi connectivity index (χ3v) is 4.31. The molecule has 0 aliphatic carbocycles. The molecule has 1 unspecified atom stereocenters. The number of carbonyl (C=O) groups is 1. The Bertz CT molecular complexity index is 1090. The Hall–Kier alpha value is -3.81. The van der Waals surface area contributed by atoms with Crippen LogP contribution < -0.4 is 0 Å². The summed E-state index contributed by atoms with van der Waals surface area (Å²) in [6.45, 7) is 2.70. The second-order valence-electron chi connectivity index (χ2n) is 6.43. The Balaban J connectivity index is 2.00. The molecule has 0 spiro atoms. The topological polar surface area (TPSA) is 101 Å². The average molecular weight is 415 g/mol. The summed E-state index contributed by atoms with van der Waals surface area (Å²) in [7, 11) is 0. The molecule has 0 bridgehead atoms. The fourth-order valence-electron chi connectivity index (χ4n) is 2.93. The van der Waals surface area contributed by atoms with E-state index in [-0.39, 0.29) is 29.4 Å². The van der Waals surface area contributed by atoms with Gasteiger partial charge in [0.1, 0.15) is 12.9 Å². The quantitative estimate of drug-likeness (QED) is 0.594. The van der Waals surface area contributed by atoms with Gasteiger partial charge in [0.2, 0.25) is 0 Å². The average Bonchev–Trinajstić information content (AvgIpc) is 3.20. The van der Waals surface area contributed by atoms with E-state index in [1.165, 1.54) is 36.4 Å². The highest BCUT2D eigenvalue weighted by Crippen LogP contribution is 2.31. The molecular formula is C19H16F3N7O. The second-order valence-corrected chi connectivity index (χ2v) is 6.43. The van der Waals surface area contributed by atoms with Crippen molar-refractivity contribution in [1.29, 1.82) is 5.26 Å². The Morgan fingerprint density at radius 1 is 1.23 bits per heavy atom. The number of alkyl halides is 3. The van der Waals surface area contributed by atoms with Crippen LogP contribution in [0.2, 0.25) is 0 Å². The van der Waals surface area contributed by atoms with Gasteiger partial charge in [-0.1, -0.05) is 0 Å². The molecule has 3 rings (SSSR count). The first-order valence-electron chi connectivity index (χ1n) is 8.76. The van der Waals surface area contributed by atoms with Crippen molar-refractivity contribution in [1.82, 2.24) is 29.6 Å². The van der Waals surface area contributed by atoms with Crippen LogP contribution in [0.25, 0.3) is 5.95 Å². The monoisotopic (exact) mass is 415 g/mol. The summed E-state index contributed by atoms with van der Waals surface area (Å²) in [5.41, 5.74) is -0.832. The number of halogens is 3. The Morgan fingerprint density at radius 2 is 1.93 bits per heavy atom. The van der Waals surface area contributed by atoms with Crippen molar-refractivity contribution < 1.29 is 18.0 Å². The number of nitriles is 1. The van der Waals surface area contributed by atoms with Gasteiger partial charge in [-0.2, -0.15) is 28.2 Å². The second kappa shape index (κ2) is 8.28. The van der Waals surface area contributed by atoms with E-state index < -0.39 is 23.7 Å². The molecule has 1 atom stereocenters. The Morgan fingerprint density at radius 3 is 2.57 bits per heavy atom. The number of carbonyl (C=O) groups excluding carboxylic acids is 1. The molecule has 11 heteroatoms. The molecule has 0 N–H and O–H groups in total. The minimum absolute atomic E-state index is 0.175. The van der Waals surface area contributed by atoms with Crippen molar-refractivity contribution in [3.8, 4) is 12.0 Å². The first kappa shape index (κ1) is 20.9. The molecule has 1 amide bonds. The fraction of sp³-hybridized carbons (Fsp3) is 0.263. The molecule has 0 radical (unpaired) electrons. The van der Waals surface area contributed by atoms with Crippen LogP contribution in [0.15, 0.2) is 43.0 Å². The lowest BCUT2D eigenvalue weighted by Gasteiger charge is -2.26. The van der Waals surface area contributed by atoms with Crippen LogP contribution in [0.1, 0.15) is 40.3 Å². The zero-order chi connectivity index (χ0) is 21.9. The maximum absolute atomic E-state index is 13.2. The van der Waals surface area contributed by atoms with Crippen molar-refractivity contribution in [2.75, 3.05) is 6.54 Å². The van der Waals surface area contributed by atoms with Crippen LogP contribution in [-0.4, -0.2) is 42.1 Å². The molecule has 8 nitrogen and oxygen atoms in total. The van der Waals surface area contributed by atoms with E-state index in [2.05, 4.69) is 20.1 Å². The van der Waals surface area contributed by atoms with Gasteiger partial charge in [0.25, 0.3) is 11.9 Å². The normalized spacial score (nSPS) is 12.3. The van der Waals surface area contributed by atoms with Crippen LogP contribution in [0.5, 0.6) is 0 Å². The minimum atomic E-state index is -4.60.